The van der Waals surface area contributed by atoms with Crippen LogP contribution in [-0.2, 0) is 18.4 Å². The van der Waals surface area contributed by atoms with E-state index in [4.69, 9.17) is 14.3 Å². The molecule has 0 amide bonds. The van der Waals surface area contributed by atoms with E-state index in [2.05, 4.69) is 0 Å². The van der Waals surface area contributed by atoms with Crippen LogP contribution in [0.25, 0.3) is 0 Å². The van der Waals surface area contributed by atoms with Crippen LogP contribution in [0.1, 0.15) is 13.8 Å². The number of carbonyl (C=O) groups is 1. The van der Waals surface area contributed by atoms with Gasteiger partial charge in [-0.05, 0) is 13.8 Å². The molecule has 0 aliphatic heterocycles. The Kier molecular flexibility index (Phi) is 5.56. The molecule has 0 aliphatic rings. The topological polar surface area (TPSA) is 76.4 Å². The summed E-state index contributed by atoms with van der Waals surface area (Å²) in [6.45, 7) is 3.66. The molecule has 0 N–H and O–H groups in total. The minimum atomic E-state index is -3.36. The molecule has 0 fully saturated rings. The van der Waals surface area contributed by atoms with Crippen LogP contribution in [0.3, 0.4) is 0 Å². The van der Waals surface area contributed by atoms with E-state index in [0.29, 0.717) is 0 Å². The summed E-state index contributed by atoms with van der Waals surface area (Å²) in [5.74, 6) is -0.787. The van der Waals surface area contributed by atoms with E-state index in [0.717, 1.165) is 0 Å². The van der Waals surface area contributed by atoms with Crippen LogP contribution in [0.15, 0.2) is 0 Å². The molecular formula is C7H12NO4P. The van der Waals surface area contributed by atoms with Gasteiger partial charge in [0, 0.05) is 0 Å². The van der Waals surface area contributed by atoms with Crippen LogP contribution in [0.4, 0.5) is 0 Å². The molecule has 0 bridgehead atoms. The number of ketones is 1. The van der Waals surface area contributed by atoms with Crippen LogP contribution in [0.2, 0.25) is 0 Å². The zero-order chi connectivity index (χ0) is 10.3. The third-order valence-electron chi connectivity index (χ3n) is 1.11. The Bertz CT molecular complexity index is 248. The normalized spacial score (nSPS) is 10.8. The molecule has 6 heteroatoms. The number of hydrogen-bond acceptors (Lipinski definition) is 5. The largest absolute Gasteiger partial charge is 0.339 e. The second kappa shape index (κ2) is 5.87. The first-order valence-corrected chi connectivity index (χ1v) is 5.61. The highest BCUT2D eigenvalue weighted by atomic mass is 31.2. The van der Waals surface area contributed by atoms with Crippen LogP contribution < -0.4 is 0 Å². The first-order valence-electron chi connectivity index (χ1n) is 3.89. The van der Waals surface area contributed by atoms with E-state index in [1.165, 1.54) is 6.07 Å². The molecule has 0 saturated heterocycles. The maximum absolute atomic E-state index is 11.6. The molecule has 0 saturated carbocycles. The van der Waals surface area contributed by atoms with Gasteiger partial charge in [0.25, 0.3) is 0 Å². The minimum Gasteiger partial charge on any atom is -0.309 e. The summed E-state index contributed by atoms with van der Waals surface area (Å²) in [6.07, 6.45) is -0.467. The molecule has 5 nitrogen and oxygen atoms in total. The number of Topliss-reactive ketones (excluding diaryl/α,β-unsaturated/α-hetero) is 1. The number of hydrogen-bond donors (Lipinski definition) is 0. The van der Waals surface area contributed by atoms with Gasteiger partial charge >= 0.3 is 7.60 Å². The summed E-state index contributed by atoms with van der Waals surface area (Å²) in [5, 5.41) is 8.20. The summed E-state index contributed by atoms with van der Waals surface area (Å²) in [7, 11) is -3.36. The molecule has 0 aliphatic carbocycles. The van der Waals surface area contributed by atoms with Gasteiger partial charge in [0.05, 0.1) is 13.2 Å². The number of rotatable bonds is 6. The Morgan fingerprint density at radius 1 is 1.38 bits per heavy atom. The van der Waals surface area contributed by atoms with Crippen LogP contribution in [-0.4, -0.2) is 25.2 Å². The third-order valence-corrected chi connectivity index (χ3v) is 3.09. The fourth-order valence-electron chi connectivity index (χ4n) is 0.733. The Labute approximate surface area is 77.2 Å². The first-order chi connectivity index (χ1) is 6.08. The van der Waals surface area contributed by atoms with Crippen molar-refractivity contribution in [1.29, 1.82) is 5.26 Å². The highest BCUT2D eigenvalue weighted by Gasteiger charge is 2.27. The lowest BCUT2D eigenvalue weighted by atomic mass is 10.5. The number of nitrogens with zero attached hydrogens (tertiary/aromatic N) is 1. The number of nitriles is 1. The maximum atomic E-state index is 11.6. The zero-order valence-electron chi connectivity index (χ0n) is 7.65. The van der Waals surface area contributed by atoms with Crippen molar-refractivity contribution >= 4 is 13.4 Å². The molecule has 0 aromatic carbocycles. The Balaban J connectivity index is 4.34. The van der Waals surface area contributed by atoms with Gasteiger partial charge in [-0.25, -0.2) is 0 Å². The Hall–Kier alpha value is -0.690. The number of carbonyl (C=O) groups excluding carboxylic acids is 1. The van der Waals surface area contributed by atoms with Crippen LogP contribution in [0, 0.1) is 11.3 Å². The summed E-state index contributed by atoms with van der Waals surface area (Å²) in [6, 6.07) is 1.37. The van der Waals surface area contributed by atoms with E-state index in [9.17, 15) is 9.36 Å². The molecule has 0 atom stereocenters. The standard InChI is InChI=1S/C7H12NO4P/c1-3-11-13(10,12-4-2)6-7(9)5-8/h3-4,6H2,1-2H3. The second-order valence-corrected chi connectivity index (χ2v) is 4.19. The quantitative estimate of drug-likeness (QED) is 0.483. The van der Waals surface area contributed by atoms with Crippen molar-refractivity contribution < 1.29 is 18.4 Å². The summed E-state index contributed by atoms with van der Waals surface area (Å²) >= 11 is 0. The van der Waals surface area contributed by atoms with Gasteiger partial charge in [-0.3, -0.25) is 9.36 Å². The fourth-order valence-corrected chi connectivity index (χ4v) is 2.20. The molecule has 0 unspecified atom stereocenters. The fraction of sp³-hybridized carbons (Fsp3) is 0.714. The van der Waals surface area contributed by atoms with E-state index in [-0.39, 0.29) is 13.2 Å². The Morgan fingerprint density at radius 2 is 1.85 bits per heavy atom. The predicted molar refractivity (Wildman–Crippen MR) is 46.3 cm³/mol. The van der Waals surface area contributed by atoms with Crippen molar-refractivity contribution in [2.24, 2.45) is 0 Å². The van der Waals surface area contributed by atoms with Gasteiger partial charge < -0.3 is 9.05 Å². The van der Waals surface area contributed by atoms with Crippen LogP contribution >= 0.6 is 7.60 Å². The van der Waals surface area contributed by atoms with E-state index in [1.54, 1.807) is 13.8 Å². The smallest absolute Gasteiger partial charge is 0.309 e. The lowest BCUT2D eigenvalue weighted by Crippen LogP contribution is -2.07. The predicted octanol–water partition coefficient (Wildman–Crippen LogP) is 1.35. The van der Waals surface area contributed by atoms with Gasteiger partial charge in [-0.15, -0.1) is 0 Å². The zero-order valence-corrected chi connectivity index (χ0v) is 8.54. The van der Waals surface area contributed by atoms with Crippen molar-refractivity contribution in [2.45, 2.75) is 13.8 Å². The van der Waals surface area contributed by atoms with Crippen LogP contribution in [0.5, 0.6) is 0 Å². The SMILES string of the molecule is CCOP(=O)(CC(=O)C#N)OCC. The lowest BCUT2D eigenvalue weighted by molar-refractivity contribution is -0.112. The van der Waals surface area contributed by atoms with Crippen molar-refractivity contribution in [2.75, 3.05) is 19.4 Å². The molecule has 74 valence electrons. The lowest BCUT2D eigenvalue weighted by Gasteiger charge is -2.14. The summed E-state index contributed by atoms with van der Waals surface area (Å²) in [4.78, 5) is 10.7. The summed E-state index contributed by atoms with van der Waals surface area (Å²) in [5.41, 5.74) is 0. The molecule has 0 spiro atoms. The van der Waals surface area contributed by atoms with Gasteiger partial charge in [0.2, 0.25) is 5.78 Å². The molecule has 0 heterocycles. The monoisotopic (exact) mass is 205 g/mol. The molecule has 0 rings (SSSR count). The molecule has 0 aromatic heterocycles. The molecule has 13 heavy (non-hydrogen) atoms. The van der Waals surface area contributed by atoms with E-state index < -0.39 is 19.5 Å². The highest BCUT2D eigenvalue weighted by molar-refractivity contribution is 7.54. The van der Waals surface area contributed by atoms with Gasteiger partial charge in [-0.1, -0.05) is 0 Å². The summed E-state index contributed by atoms with van der Waals surface area (Å²) < 4.78 is 21.2. The maximum Gasteiger partial charge on any atom is 0.339 e. The van der Waals surface area contributed by atoms with Crippen molar-refractivity contribution in [3.8, 4) is 6.07 Å². The van der Waals surface area contributed by atoms with Gasteiger partial charge in [0.1, 0.15) is 12.2 Å². The van der Waals surface area contributed by atoms with Crippen molar-refractivity contribution in [3.05, 3.63) is 0 Å². The molecular weight excluding hydrogens is 193 g/mol. The average Bonchev–Trinajstić information content (AvgIpc) is 2.04. The van der Waals surface area contributed by atoms with Gasteiger partial charge in [0.15, 0.2) is 0 Å². The molecule has 0 aromatic rings. The van der Waals surface area contributed by atoms with Crippen molar-refractivity contribution in [3.63, 3.8) is 0 Å². The van der Waals surface area contributed by atoms with E-state index >= 15 is 0 Å². The second-order valence-electron chi connectivity index (χ2n) is 2.14. The average molecular weight is 205 g/mol. The minimum absolute atomic E-state index is 0.190. The van der Waals surface area contributed by atoms with E-state index in [1.807, 2.05) is 0 Å². The highest BCUT2D eigenvalue weighted by Crippen LogP contribution is 2.47. The third kappa shape index (κ3) is 4.79. The van der Waals surface area contributed by atoms with Crippen molar-refractivity contribution in [1.82, 2.24) is 0 Å². The first kappa shape index (κ1) is 12.3. The Morgan fingerprint density at radius 3 is 2.15 bits per heavy atom. The van der Waals surface area contributed by atoms with Gasteiger partial charge in [-0.2, -0.15) is 5.26 Å². The molecule has 0 radical (unpaired) electrons.